The van der Waals surface area contributed by atoms with Crippen molar-refractivity contribution in [3.05, 3.63) is 45.3 Å². The molecule has 0 radical (unpaired) electrons. The Morgan fingerprint density at radius 1 is 1.33 bits per heavy atom. The third-order valence-electron chi connectivity index (χ3n) is 3.01. The van der Waals surface area contributed by atoms with Gasteiger partial charge in [-0.2, -0.15) is 5.10 Å². The van der Waals surface area contributed by atoms with Gasteiger partial charge in [0.1, 0.15) is 9.45 Å². The van der Waals surface area contributed by atoms with Crippen LogP contribution in [0.1, 0.15) is 15.9 Å². The first kappa shape index (κ1) is 15.8. The minimum absolute atomic E-state index is 0.220. The molecule has 1 aromatic carbocycles. The largest absolute Gasteiger partial charge is 0.497 e. The summed E-state index contributed by atoms with van der Waals surface area (Å²) in [4.78, 5) is 17.0. The summed E-state index contributed by atoms with van der Waals surface area (Å²) in [6.07, 6.45) is 1.73. The fourth-order valence-corrected chi connectivity index (χ4v) is 2.44. The van der Waals surface area contributed by atoms with Crippen LogP contribution in [-0.4, -0.2) is 42.0 Å². The number of ether oxygens (including phenoxy) is 1. The van der Waals surface area contributed by atoms with Crippen molar-refractivity contribution in [1.29, 1.82) is 0 Å². The van der Waals surface area contributed by atoms with Gasteiger partial charge < -0.3 is 4.74 Å². The maximum atomic E-state index is 12.1. The van der Waals surface area contributed by atoms with Gasteiger partial charge >= 0.3 is 0 Å². The highest BCUT2D eigenvalue weighted by Crippen LogP contribution is 2.15. The summed E-state index contributed by atoms with van der Waals surface area (Å²) < 4.78 is 7.51. The second-order valence-corrected chi connectivity index (χ2v) is 5.39. The van der Waals surface area contributed by atoms with Crippen LogP contribution >= 0.6 is 22.6 Å². The molecule has 0 N–H and O–H groups in total. The Bertz CT molecular complexity index is 625. The number of halogens is 1. The molecule has 0 aliphatic rings. The third kappa shape index (κ3) is 3.73. The van der Waals surface area contributed by atoms with Crippen LogP contribution in [0.25, 0.3) is 0 Å². The molecule has 1 aromatic heterocycles. The first-order valence-electron chi connectivity index (χ1n) is 6.23. The van der Waals surface area contributed by atoms with Gasteiger partial charge in [-0.1, -0.05) is 12.1 Å². The molecule has 21 heavy (non-hydrogen) atoms. The first-order chi connectivity index (χ1) is 10.0. The predicted molar refractivity (Wildman–Crippen MR) is 86.1 cm³/mol. The number of benzene rings is 1. The van der Waals surface area contributed by atoms with E-state index in [4.69, 9.17) is 9.57 Å². The normalized spacial score (nSPS) is 10.5. The molecule has 0 aliphatic heterocycles. The quantitative estimate of drug-likeness (QED) is 0.570. The monoisotopic (exact) mass is 401 g/mol. The number of nitrogens with zero attached hydrogens (tertiary/aromatic N) is 3. The highest BCUT2D eigenvalue weighted by atomic mass is 127. The SMILES string of the molecule is COc1ccc(Cn2cc(C(=O)N(C)OC)c(I)n2)cc1. The summed E-state index contributed by atoms with van der Waals surface area (Å²) in [5.41, 5.74) is 1.60. The fourth-order valence-electron chi connectivity index (χ4n) is 1.79. The van der Waals surface area contributed by atoms with Crippen molar-refractivity contribution in [3.8, 4) is 5.75 Å². The van der Waals surface area contributed by atoms with Crippen LogP contribution in [0.3, 0.4) is 0 Å². The molecule has 1 amide bonds. The van der Waals surface area contributed by atoms with Crippen LogP contribution in [0.5, 0.6) is 5.75 Å². The van der Waals surface area contributed by atoms with Gasteiger partial charge in [-0.25, -0.2) is 5.06 Å². The van der Waals surface area contributed by atoms with E-state index in [2.05, 4.69) is 5.10 Å². The van der Waals surface area contributed by atoms with Gasteiger partial charge in [0.2, 0.25) is 0 Å². The predicted octanol–water partition coefficient (Wildman–Crippen LogP) is 2.18. The molecule has 0 saturated carbocycles. The highest BCUT2D eigenvalue weighted by molar-refractivity contribution is 14.1. The van der Waals surface area contributed by atoms with Crippen LogP contribution in [0, 0.1) is 3.70 Å². The number of carbonyl (C=O) groups excluding carboxylic acids is 1. The molecule has 0 atom stereocenters. The zero-order valence-corrected chi connectivity index (χ0v) is 14.2. The lowest BCUT2D eigenvalue weighted by Gasteiger charge is -2.12. The fraction of sp³-hybridized carbons (Fsp3) is 0.286. The van der Waals surface area contributed by atoms with E-state index in [0.29, 0.717) is 15.8 Å². The lowest BCUT2D eigenvalue weighted by molar-refractivity contribution is -0.0757. The topological polar surface area (TPSA) is 56.6 Å². The molecular weight excluding hydrogens is 385 g/mol. The summed E-state index contributed by atoms with van der Waals surface area (Å²) >= 11 is 2.05. The lowest BCUT2D eigenvalue weighted by Crippen LogP contribution is -2.25. The summed E-state index contributed by atoms with van der Waals surface area (Å²) in [5.74, 6) is 0.592. The smallest absolute Gasteiger partial charge is 0.281 e. The van der Waals surface area contributed by atoms with Crippen LogP contribution < -0.4 is 4.74 Å². The van der Waals surface area contributed by atoms with Gasteiger partial charge in [0.15, 0.2) is 0 Å². The van der Waals surface area contributed by atoms with E-state index in [-0.39, 0.29) is 5.91 Å². The molecular formula is C14H16IN3O3. The second-order valence-electron chi connectivity index (χ2n) is 4.36. The van der Waals surface area contributed by atoms with Crippen molar-refractivity contribution >= 4 is 28.5 Å². The zero-order chi connectivity index (χ0) is 15.4. The Balaban J connectivity index is 2.16. The van der Waals surface area contributed by atoms with Crippen LogP contribution in [-0.2, 0) is 11.4 Å². The van der Waals surface area contributed by atoms with Crippen molar-refractivity contribution in [1.82, 2.24) is 14.8 Å². The van der Waals surface area contributed by atoms with Gasteiger partial charge in [0, 0.05) is 13.2 Å². The molecule has 2 rings (SSSR count). The van der Waals surface area contributed by atoms with Crippen LogP contribution in [0.2, 0.25) is 0 Å². The number of aromatic nitrogens is 2. The van der Waals surface area contributed by atoms with Gasteiger partial charge in [0.25, 0.3) is 5.91 Å². The Kier molecular flexibility index (Phi) is 5.18. The summed E-state index contributed by atoms with van der Waals surface area (Å²) in [6.45, 7) is 0.587. The summed E-state index contributed by atoms with van der Waals surface area (Å²) in [7, 11) is 4.65. The Morgan fingerprint density at radius 3 is 2.57 bits per heavy atom. The van der Waals surface area contributed by atoms with Crippen molar-refractivity contribution in [3.63, 3.8) is 0 Å². The lowest BCUT2D eigenvalue weighted by atomic mass is 10.2. The zero-order valence-electron chi connectivity index (χ0n) is 12.0. The standard InChI is InChI=1S/C14H16IN3O3/c1-17(21-3)14(19)12-9-18(16-13(12)15)8-10-4-6-11(20-2)7-5-10/h4-7,9H,8H2,1-3H3. The molecule has 6 nitrogen and oxygen atoms in total. The maximum Gasteiger partial charge on any atom is 0.281 e. The molecule has 0 bridgehead atoms. The van der Waals surface area contributed by atoms with E-state index >= 15 is 0 Å². The van der Waals surface area contributed by atoms with Crippen LogP contribution in [0.15, 0.2) is 30.5 Å². The number of rotatable bonds is 5. The van der Waals surface area contributed by atoms with Crippen LogP contribution in [0.4, 0.5) is 0 Å². The van der Waals surface area contributed by atoms with Crippen molar-refractivity contribution in [2.45, 2.75) is 6.54 Å². The minimum atomic E-state index is -0.220. The van der Waals surface area contributed by atoms with E-state index in [1.807, 2.05) is 46.9 Å². The number of hydrogen-bond acceptors (Lipinski definition) is 4. The van der Waals surface area contributed by atoms with Gasteiger partial charge in [-0.3, -0.25) is 14.3 Å². The summed E-state index contributed by atoms with van der Waals surface area (Å²) in [6, 6.07) is 7.73. The highest BCUT2D eigenvalue weighted by Gasteiger charge is 2.18. The third-order valence-corrected chi connectivity index (χ3v) is 3.81. The van der Waals surface area contributed by atoms with Gasteiger partial charge in [-0.05, 0) is 40.3 Å². The molecule has 0 aliphatic carbocycles. The molecule has 0 saturated heterocycles. The van der Waals surface area contributed by atoms with Crippen molar-refractivity contribution in [2.24, 2.45) is 0 Å². The van der Waals surface area contributed by atoms with E-state index in [1.165, 1.54) is 12.2 Å². The average Bonchev–Trinajstić information content (AvgIpc) is 2.87. The second kappa shape index (κ2) is 6.90. The Hall–Kier alpha value is -1.61. The number of hydrogen-bond donors (Lipinski definition) is 0. The Labute approximate surface area is 136 Å². The van der Waals surface area contributed by atoms with E-state index in [9.17, 15) is 4.79 Å². The maximum absolute atomic E-state index is 12.1. The van der Waals surface area contributed by atoms with E-state index in [1.54, 1.807) is 25.0 Å². The number of hydroxylamine groups is 2. The Morgan fingerprint density at radius 2 is 2.00 bits per heavy atom. The molecule has 0 unspecified atom stereocenters. The average molecular weight is 401 g/mol. The number of carbonyl (C=O) groups is 1. The molecule has 0 spiro atoms. The minimum Gasteiger partial charge on any atom is -0.497 e. The van der Waals surface area contributed by atoms with E-state index < -0.39 is 0 Å². The number of methoxy groups -OCH3 is 1. The number of amides is 1. The molecule has 0 fully saturated rings. The molecule has 1 heterocycles. The van der Waals surface area contributed by atoms with E-state index in [0.717, 1.165) is 11.3 Å². The molecule has 112 valence electrons. The molecule has 7 heteroatoms. The van der Waals surface area contributed by atoms with Gasteiger partial charge in [-0.15, -0.1) is 0 Å². The molecule has 2 aromatic rings. The van der Waals surface area contributed by atoms with Crippen molar-refractivity contribution < 1.29 is 14.4 Å². The van der Waals surface area contributed by atoms with Gasteiger partial charge in [0.05, 0.1) is 26.3 Å². The first-order valence-corrected chi connectivity index (χ1v) is 7.31. The van der Waals surface area contributed by atoms with Crippen molar-refractivity contribution in [2.75, 3.05) is 21.3 Å². The summed E-state index contributed by atoms with van der Waals surface area (Å²) in [5, 5.41) is 5.53.